The lowest BCUT2D eigenvalue weighted by Gasteiger charge is -2.15. The quantitative estimate of drug-likeness (QED) is 0.722. The second-order valence-electron chi connectivity index (χ2n) is 6.74. The molecule has 1 aliphatic rings. The van der Waals surface area contributed by atoms with Crippen molar-refractivity contribution >= 4 is 16.9 Å². The Hall–Kier alpha value is -2.47. The van der Waals surface area contributed by atoms with Crippen molar-refractivity contribution in [1.29, 1.82) is 0 Å². The lowest BCUT2D eigenvalue weighted by atomic mass is 10.1. The van der Waals surface area contributed by atoms with Gasteiger partial charge in [0.2, 0.25) is 0 Å². The third kappa shape index (κ3) is 3.79. The molecule has 4 rings (SSSR count). The van der Waals surface area contributed by atoms with E-state index in [-0.39, 0.29) is 0 Å². The van der Waals surface area contributed by atoms with Crippen molar-refractivity contribution in [3.63, 3.8) is 0 Å². The summed E-state index contributed by atoms with van der Waals surface area (Å²) in [5.74, 6) is 0.851. The molecule has 2 aromatic heterocycles. The second-order valence-corrected chi connectivity index (χ2v) is 6.74. The molecular formula is C19H23N5O. The highest BCUT2D eigenvalue weighted by Gasteiger charge is 2.26. The van der Waals surface area contributed by atoms with Gasteiger partial charge in [0.15, 0.2) is 5.65 Å². The summed E-state index contributed by atoms with van der Waals surface area (Å²) in [6, 6.07) is 9.02. The highest BCUT2D eigenvalue weighted by atomic mass is 16.5. The average Bonchev–Trinajstić information content (AvgIpc) is 3.25. The lowest BCUT2D eigenvalue weighted by Crippen LogP contribution is -2.19. The molecule has 0 saturated heterocycles. The Kier molecular flexibility index (Phi) is 4.61. The van der Waals surface area contributed by atoms with Crippen molar-refractivity contribution in [3.05, 3.63) is 47.9 Å². The smallest absolute Gasteiger partial charge is 0.160 e. The minimum absolute atomic E-state index is 0.323. The minimum Gasteiger partial charge on any atom is -0.378 e. The summed E-state index contributed by atoms with van der Waals surface area (Å²) in [6.07, 6.45) is 7.82. The number of anilines is 1. The van der Waals surface area contributed by atoms with Crippen LogP contribution in [0.15, 0.2) is 36.8 Å². The molecule has 0 bridgehead atoms. The number of nitrogens with one attached hydrogen (secondary N) is 2. The van der Waals surface area contributed by atoms with Gasteiger partial charge in [-0.05, 0) is 38.2 Å². The van der Waals surface area contributed by atoms with Gasteiger partial charge in [-0.2, -0.15) is 5.10 Å². The van der Waals surface area contributed by atoms with Crippen LogP contribution in [0.3, 0.4) is 0 Å². The third-order valence-corrected chi connectivity index (χ3v) is 4.80. The monoisotopic (exact) mass is 337 g/mol. The largest absolute Gasteiger partial charge is 0.378 e. The van der Waals surface area contributed by atoms with Gasteiger partial charge in [-0.15, -0.1) is 0 Å². The molecule has 0 amide bonds. The molecule has 2 N–H and O–H groups in total. The second kappa shape index (κ2) is 7.19. The van der Waals surface area contributed by atoms with Gasteiger partial charge in [-0.25, -0.2) is 9.97 Å². The first-order valence-electron chi connectivity index (χ1n) is 8.86. The van der Waals surface area contributed by atoms with Crippen molar-refractivity contribution in [2.75, 3.05) is 11.9 Å². The number of hydrogen-bond donors (Lipinski definition) is 2. The van der Waals surface area contributed by atoms with Crippen LogP contribution in [0.4, 0.5) is 5.82 Å². The van der Waals surface area contributed by atoms with Gasteiger partial charge >= 0.3 is 0 Å². The van der Waals surface area contributed by atoms with E-state index >= 15 is 0 Å². The van der Waals surface area contributed by atoms with E-state index < -0.39 is 0 Å². The normalized spacial score (nSPS) is 20.2. The number of H-pyrrole nitrogens is 1. The number of rotatable bonds is 6. The number of hydrogen-bond acceptors (Lipinski definition) is 5. The SMILES string of the molecule is Cc1cccc(CCO[C@H]2CC[C@H](Nc3ncnc4[nH]ncc34)C2)c1. The van der Waals surface area contributed by atoms with Crippen LogP contribution in [-0.4, -0.2) is 38.9 Å². The number of aromatic nitrogens is 4. The Morgan fingerprint density at radius 2 is 2.24 bits per heavy atom. The molecule has 1 saturated carbocycles. The molecule has 1 aliphatic carbocycles. The van der Waals surface area contributed by atoms with E-state index in [4.69, 9.17) is 4.74 Å². The fraction of sp³-hybridized carbons (Fsp3) is 0.421. The molecule has 1 fully saturated rings. The van der Waals surface area contributed by atoms with E-state index in [2.05, 4.69) is 56.7 Å². The molecule has 0 radical (unpaired) electrons. The zero-order valence-electron chi connectivity index (χ0n) is 14.4. The van der Waals surface area contributed by atoms with Crippen molar-refractivity contribution < 1.29 is 4.74 Å². The Balaban J connectivity index is 1.28. The van der Waals surface area contributed by atoms with Gasteiger partial charge in [-0.3, -0.25) is 5.10 Å². The highest BCUT2D eigenvalue weighted by molar-refractivity contribution is 5.85. The molecule has 25 heavy (non-hydrogen) atoms. The highest BCUT2D eigenvalue weighted by Crippen LogP contribution is 2.27. The molecule has 6 heteroatoms. The molecule has 0 spiro atoms. The van der Waals surface area contributed by atoms with E-state index in [0.29, 0.717) is 12.1 Å². The number of nitrogens with zero attached hydrogens (tertiary/aromatic N) is 3. The average molecular weight is 337 g/mol. The summed E-state index contributed by atoms with van der Waals surface area (Å²) >= 11 is 0. The number of aromatic amines is 1. The summed E-state index contributed by atoms with van der Waals surface area (Å²) in [5, 5.41) is 11.4. The minimum atomic E-state index is 0.323. The van der Waals surface area contributed by atoms with E-state index in [9.17, 15) is 0 Å². The van der Waals surface area contributed by atoms with Gasteiger partial charge in [0, 0.05) is 6.04 Å². The van der Waals surface area contributed by atoms with Gasteiger partial charge in [0.05, 0.1) is 24.3 Å². The van der Waals surface area contributed by atoms with Crippen molar-refractivity contribution in [2.24, 2.45) is 0 Å². The maximum Gasteiger partial charge on any atom is 0.160 e. The molecule has 2 atom stereocenters. The molecule has 130 valence electrons. The molecule has 6 nitrogen and oxygen atoms in total. The Labute approximate surface area is 147 Å². The van der Waals surface area contributed by atoms with Crippen LogP contribution in [0.5, 0.6) is 0 Å². The number of aryl methyl sites for hydroxylation is 1. The molecular weight excluding hydrogens is 314 g/mol. The van der Waals surface area contributed by atoms with Crippen molar-refractivity contribution in [2.45, 2.75) is 44.8 Å². The van der Waals surface area contributed by atoms with Crippen molar-refractivity contribution in [1.82, 2.24) is 20.2 Å². The topological polar surface area (TPSA) is 75.7 Å². The fourth-order valence-corrected chi connectivity index (χ4v) is 3.51. The van der Waals surface area contributed by atoms with E-state index in [1.807, 2.05) is 0 Å². The van der Waals surface area contributed by atoms with E-state index in [0.717, 1.165) is 49.1 Å². The molecule has 0 aliphatic heterocycles. The van der Waals surface area contributed by atoms with Crippen LogP contribution in [0.2, 0.25) is 0 Å². The van der Waals surface area contributed by atoms with Crippen LogP contribution in [0, 0.1) is 6.92 Å². The van der Waals surface area contributed by atoms with E-state index in [1.54, 1.807) is 12.5 Å². The van der Waals surface area contributed by atoms with Gasteiger partial charge in [-0.1, -0.05) is 29.8 Å². The summed E-state index contributed by atoms with van der Waals surface area (Å²) in [5.41, 5.74) is 3.41. The summed E-state index contributed by atoms with van der Waals surface area (Å²) in [7, 11) is 0. The first kappa shape index (κ1) is 16.0. The van der Waals surface area contributed by atoms with Crippen LogP contribution in [0.1, 0.15) is 30.4 Å². The molecule has 2 heterocycles. The number of ether oxygens (including phenoxy) is 1. The number of fused-ring (bicyclic) bond motifs is 1. The Bertz CT molecular complexity index is 846. The summed E-state index contributed by atoms with van der Waals surface area (Å²) in [4.78, 5) is 8.53. The predicted molar refractivity (Wildman–Crippen MR) is 97.6 cm³/mol. The summed E-state index contributed by atoms with van der Waals surface area (Å²) < 4.78 is 6.10. The van der Waals surface area contributed by atoms with Crippen LogP contribution in [-0.2, 0) is 11.2 Å². The van der Waals surface area contributed by atoms with Crippen LogP contribution >= 0.6 is 0 Å². The Morgan fingerprint density at radius 3 is 3.16 bits per heavy atom. The number of benzene rings is 1. The van der Waals surface area contributed by atoms with E-state index in [1.165, 1.54) is 11.1 Å². The maximum absolute atomic E-state index is 6.10. The van der Waals surface area contributed by atoms with Gasteiger partial charge < -0.3 is 10.1 Å². The Morgan fingerprint density at radius 1 is 1.28 bits per heavy atom. The first-order valence-corrected chi connectivity index (χ1v) is 8.86. The molecule has 0 unspecified atom stereocenters. The van der Waals surface area contributed by atoms with Crippen molar-refractivity contribution in [3.8, 4) is 0 Å². The van der Waals surface area contributed by atoms with Gasteiger partial charge in [0.1, 0.15) is 12.1 Å². The fourth-order valence-electron chi connectivity index (χ4n) is 3.51. The first-order chi connectivity index (χ1) is 12.3. The zero-order valence-corrected chi connectivity index (χ0v) is 14.4. The molecule has 3 aromatic rings. The standard InChI is InChI=1S/C19H23N5O/c1-13-3-2-4-14(9-13)7-8-25-16-6-5-15(10-16)23-18-17-11-22-24-19(17)21-12-20-18/h2-4,9,11-12,15-16H,5-8,10H2,1H3,(H2,20,21,22,23,24)/t15-,16-/m0/s1. The zero-order chi connectivity index (χ0) is 17.1. The molecule has 1 aromatic carbocycles. The summed E-state index contributed by atoms with van der Waals surface area (Å²) in [6.45, 7) is 2.90. The van der Waals surface area contributed by atoms with Crippen LogP contribution in [0.25, 0.3) is 11.0 Å². The predicted octanol–water partition coefficient (Wildman–Crippen LogP) is 3.25. The lowest BCUT2D eigenvalue weighted by molar-refractivity contribution is 0.0601. The van der Waals surface area contributed by atoms with Crippen LogP contribution < -0.4 is 5.32 Å². The maximum atomic E-state index is 6.10. The third-order valence-electron chi connectivity index (χ3n) is 4.80. The van der Waals surface area contributed by atoms with Gasteiger partial charge in [0.25, 0.3) is 0 Å².